The predicted octanol–water partition coefficient (Wildman–Crippen LogP) is 3.52. The summed E-state index contributed by atoms with van der Waals surface area (Å²) in [5.41, 5.74) is 4.38. The zero-order valence-electron chi connectivity index (χ0n) is 13.8. The molecular weight excluding hydrogens is 328 g/mol. The third-order valence-electron chi connectivity index (χ3n) is 3.70. The number of thiocarbonyl (C=S) groups is 1. The van der Waals surface area contributed by atoms with Gasteiger partial charge in [0.05, 0.1) is 16.4 Å². The first-order valence-electron chi connectivity index (χ1n) is 7.74. The summed E-state index contributed by atoms with van der Waals surface area (Å²) in [7, 11) is 0. The van der Waals surface area contributed by atoms with Gasteiger partial charge in [0.15, 0.2) is 5.11 Å². The third-order valence-corrected chi connectivity index (χ3v) is 4.53. The Bertz CT molecular complexity index is 664. The lowest BCUT2D eigenvalue weighted by atomic mass is 10.1. The van der Waals surface area contributed by atoms with Gasteiger partial charge in [0.25, 0.3) is 0 Å². The Balaban J connectivity index is 1.66. The largest absolute Gasteiger partial charge is 0.363 e. The number of rotatable bonds is 6. The molecule has 0 amide bonds. The smallest absolute Gasteiger partial charge is 0.166 e. The molecule has 0 saturated carbocycles. The van der Waals surface area contributed by atoms with Crippen molar-refractivity contribution in [1.29, 1.82) is 0 Å². The van der Waals surface area contributed by atoms with Crippen LogP contribution in [0.4, 0.5) is 0 Å². The highest BCUT2D eigenvalue weighted by Gasteiger charge is 2.08. The fourth-order valence-electron chi connectivity index (χ4n) is 2.27. The number of aromatic nitrogens is 2. The van der Waals surface area contributed by atoms with Gasteiger partial charge in [-0.3, -0.25) is 4.68 Å². The lowest BCUT2D eigenvalue weighted by Crippen LogP contribution is -2.35. The van der Waals surface area contributed by atoms with Crippen LogP contribution in [0.2, 0.25) is 5.02 Å². The van der Waals surface area contributed by atoms with E-state index in [1.165, 1.54) is 11.1 Å². The molecule has 0 fully saturated rings. The average molecular weight is 351 g/mol. The molecule has 1 aromatic heterocycles. The minimum Gasteiger partial charge on any atom is -0.363 e. The van der Waals surface area contributed by atoms with E-state index in [0.717, 1.165) is 42.5 Å². The maximum atomic E-state index is 6.14. The first-order chi connectivity index (χ1) is 11.0. The molecule has 4 nitrogen and oxygen atoms in total. The molecule has 0 aliphatic carbocycles. The van der Waals surface area contributed by atoms with Gasteiger partial charge in [-0.1, -0.05) is 41.4 Å². The van der Waals surface area contributed by atoms with Crippen LogP contribution in [0.15, 0.2) is 24.3 Å². The standard InChI is InChI=1S/C17H23ClN4S/c1-12-5-7-15(8-6-12)11-20-17(23)19-9-4-10-22-14(3)16(18)13(2)21-22/h5-8H,4,9-11H2,1-3H3,(H2,19,20,23). The Morgan fingerprint density at radius 3 is 2.48 bits per heavy atom. The Morgan fingerprint density at radius 2 is 1.87 bits per heavy atom. The van der Waals surface area contributed by atoms with Gasteiger partial charge in [-0.25, -0.2) is 0 Å². The van der Waals surface area contributed by atoms with Gasteiger partial charge >= 0.3 is 0 Å². The topological polar surface area (TPSA) is 41.9 Å². The molecule has 6 heteroatoms. The molecule has 2 aromatic rings. The van der Waals surface area contributed by atoms with Gasteiger partial charge in [-0.05, 0) is 45.0 Å². The summed E-state index contributed by atoms with van der Waals surface area (Å²) in [6, 6.07) is 8.43. The van der Waals surface area contributed by atoms with E-state index in [1.807, 2.05) is 18.5 Å². The molecule has 23 heavy (non-hydrogen) atoms. The Hall–Kier alpha value is -1.59. The molecule has 0 radical (unpaired) electrons. The quantitative estimate of drug-likeness (QED) is 0.618. The van der Waals surface area contributed by atoms with Crippen LogP contribution in [0.25, 0.3) is 0 Å². The van der Waals surface area contributed by atoms with Crippen molar-refractivity contribution in [2.75, 3.05) is 6.54 Å². The SMILES string of the molecule is Cc1ccc(CNC(=S)NCCCn2nc(C)c(Cl)c2C)cc1. The highest BCUT2D eigenvalue weighted by atomic mass is 35.5. The van der Waals surface area contributed by atoms with E-state index in [4.69, 9.17) is 23.8 Å². The van der Waals surface area contributed by atoms with Crippen molar-refractivity contribution in [3.05, 3.63) is 51.8 Å². The van der Waals surface area contributed by atoms with Crippen molar-refractivity contribution in [3.63, 3.8) is 0 Å². The van der Waals surface area contributed by atoms with Crippen LogP contribution in [-0.2, 0) is 13.1 Å². The van der Waals surface area contributed by atoms with Crippen molar-refractivity contribution in [1.82, 2.24) is 20.4 Å². The number of nitrogens with zero attached hydrogens (tertiary/aromatic N) is 2. The van der Waals surface area contributed by atoms with Crippen molar-refractivity contribution in [2.45, 2.75) is 40.3 Å². The molecule has 2 N–H and O–H groups in total. The highest BCUT2D eigenvalue weighted by molar-refractivity contribution is 7.80. The number of benzene rings is 1. The van der Waals surface area contributed by atoms with E-state index in [-0.39, 0.29) is 0 Å². The van der Waals surface area contributed by atoms with Crippen molar-refractivity contribution < 1.29 is 0 Å². The molecule has 0 atom stereocenters. The van der Waals surface area contributed by atoms with E-state index in [0.29, 0.717) is 5.11 Å². The molecule has 0 saturated heterocycles. The van der Waals surface area contributed by atoms with E-state index >= 15 is 0 Å². The lowest BCUT2D eigenvalue weighted by Gasteiger charge is -2.11. The van der Waals surface area contributed by atoms with Crippen molar-refractivity contribution in [3.8, 4) is 0 Å². The average Bonchev–Trinajstić information content (AvgIpc) is 2.78. The number of halogens is 1. The van der Waals surface area contributed by atoms with E-state index < -0.39 is 0 Å². The summed E-state index contributed by atoms with van der Waals surface area (Å²) in [6.45, 7) is 8.36. The maximum absolute atomic E-state index is 6.14. The zero-order chi connectivity index (χ0) is 16.8. The van der Waals surface area contributed by atoms with Crippen LogP contribution >= 0.6 is 23.8 Å². The summed E-state index contributed by atoms with van der Waals surface area (Å²) in [6.07, 6.45) is 0.935. The zero-order valence-corrected chi connectivity index (χ0v) is 15.4. The van der Waals surface area contributed by atoms with Gasteiger partial charge in [-0.2, -0.15) is 5.10 Å². The second kappa shape index (κ2) is 8.31. The van der Waals surface area contributed by atoms with Crippen LogP contribution in [-0.4, -0.2) is 21.4 Å². The van der Waals surface area contributed by atoms with Crippen LogP contribution in [0.3, 0.4) is 0 Å². The molecule has 0 bridgehead atoms. The molecule has 0 aliphatic rings. The molecule has 0 aliphatic heterocycles. The summed E-state index contributed by atoms with van der Waals surface area (Å²) < 4.78 is 1.95. The minimum atomic E-state index is 0.678. The Kier molecular flexibility index (Phi) is 6.42. The molecule has 1 aromatic carbocycles. The van der Waals surface area contributed by atoms with Crippen molar-refractivity contribution in [2.24, 2.45) is 0 Å². The van der Waals surface area contributed by atoms with E-state index in [2.05, 4.69) is 46.9 Å². The Labute approximate surface area is 148 Å². The maximum Gasteiger partial charge on any atom is 0.166 e. The van der Waals surface area contributed by atoms with Gasteiger partial charge in [0.1, 0.15) is 0 Å². The highest BCUT2D eigenvalue weighted by Crippen LogP contribution is 2.18. The first kappa shape index (κ1) is 17.8. The lowest BCUT2D eigenvalue weighted by molar-refractivity contribution is 0.556. The predicted molar refractivity (Wildman–Crippen MR) is 99.9 cm³/mol. The van der Waals surface area contributed by atoms with Crippen LogP contribution in [0.5, 0.6) is 0 Å². The minimum absolute atomic E-state index is 0.678. The molecule has 124 valence electrons. The van der Waals surface area contributed by atoms with Gasteiger partial charge in [0.2, 0.25) is 0 Å². The Morgan fingerprint density at radius 1 is 1.17 bits per heavy atom. The summed E-state index contributed by atoms with van der Waals surface area (Å²) in [5.74, 6) is 0. The number of nitrogens with one attached hydrogen (secondary N) is 2. The molecular formula is C17H23ClN4S. The summed E-state index contributed by atoms with van der Waals surface area (Å²) >= 11 is 11.4. The van der Waals surface area contributed by atoms with E-state index in [1.54, 1.807) is 0 Å². The van der Waals surface area contributed by atoms with Gasteiger partial charge in [0, 0.05) is 19.6 Å². The second-order valence-corrected chi connectivity index (χ2v) is 6.44. The third kappa shape index (κ3) is 5.22. The summed E-state index contributed by atoms with van der Waals surface area (Å²) in [4.78, 5) is 0. The molecule has 2 rings (SSSR count). The van der Waals surface area contributed by atoms with Gasteiger partial charge in [-0.15, -0.1) is 0 Å². The number of hydrogen-bond donors (Lipinski definition) is 2. The van der Waals surface area contributed by atoms with Crippen LogP contribution in [0.1, 0.15) is 28.9 Å². The fourth-order valence-corrected chi connectivity index (χ4v) is 2.58. The number of hydrogen-bond acceptors (Lipinski definition) is 2. The number of aryl methyl sites for hydroxylation is 3. The second-order valence-electron chi connectivity index (χ2n) is 5.66. The molecule has 0 unspecified atom stereocenters. The molecule has 1 heterocycles. The summed E-state index contributed by atoms with van der Waals surface area (Å²) in [5, 5.41) is 12.3. The fraction of sp³-hybridized carbons (Fsp3) is 0.412. The van der Waals surface area contributed by atoms with E-state index in [9.17, 15) is 0 Å². The normalized spacial score (nSPS) is 10.6. The van der Waals surface area contributed by atoms with Crippen LogP contribution in [0, 0.1) is 20.8 Å². The first-order valence-corrected chi connectivity index (χ1v) is 8.52. The molecule has 0 spiro atoms. The van der Waals surface area contributed by atoms with Gasteiger partial charge < -0.3 is 10.6 Å². The van der Waals surface area contributed by atoms with Crippen molar-refractivity contribution >= 4 is 28.9 Å². The van der Waals surface area contributed by atoms with Crippen LogP contribution < -0.4 is 10.6 Å². The monoisotopic (exact) mass is 350 g/mol.